The first-order chi connectivity index (χ1) is 13.3. The molecule has 0 radical (unpaired) electrons. The maximum absolute atomic E-state index is 13.0. The van der Waals surface area contributed by atoms with Crippen LogP contribution in [0.25, 0.3) is 0 Å². The first-order valence-corrected chi connectivity index (χ1v) is 8.98. The summed E-state index contributed by atoms with van der Waals surface area (Å²) in [7, 11) is 0. The van der Waals surface area contributed by atoms with E-state index in [1.54, 1.807) is 34.1 Å². The van der Waals surface area contributed by atoms with Crippen molar-refractivity contribution in [3.05, 3.63) is 47.4 Å². The number of benzene rings is 1. The van der Waals surface area contributed by atoms with Crippen LogP contribution in [0, 0.1) is 6.92 Å². The van der Waals surface area contributed by atoms with Gasteiger partial charge in [0.1, 0.15) is 23.1 Å². The van der Waals surface area contributed by atoms with Crippen LogP contribution in [0.15, 0.2) is 30.3 Å². The fourth-order valence-electron chi connectivity index (χ4n) is 3.09. The summed E-state index contributed by atoms with van der Waals surface area (Å²) in [5, 5.41) is 0. The Hall–Kier alpha value is -2.84. The molecule has 0 N–H and O–H groups in total. The van der Waals surface area contributed by atoms with Gasteiger partial charge < -0.3 is 14.5 Å². The molecule has 1 amide bonds. The van der Waals surface area contributed by atoms with Crippen LogP contribution in [0.1, 0.15) is 28.8 Å². The fraction of sp³-hybridized carbons (Fsp3) is 0.421. The fourth-order valence-corrected chi connectivity index (χ4v) is 3.09. The number of rotatable bonds is 4. The van der Waals surface area contributed by atoms with Crippen molar-refractivity contribution in [2.75, 3.05) is 37.7 Å². The lowest BCUT2D eigenvalue weighted by Gasteiger charge is -2.35. The summed E-state index contributed by atoms with van der Waals surface area (Å²) in [6.45, 7) is 5.26. The molecule has 9 heteroatoms. The standard InChI is InChI=1S/C19H21F3N4O2/c1-3-28-15-7-5-4-6-14(15)18(27)26-10-8-25(9-11-26)17-12-16(19(20,21)22)23-13(2)24-17/h4-7,12H,3,8-11H2,1-2H3. The first-order valence-electron chi connectivity index (χ1n) is 8.98. The molecule has 1 aromatic carbocycles. The Morgan fingerprint density at radius 2 is 1.82 bits per heavy atom. The molecule has 1 saturated heterocycles. The lowest BCUT2D eigenvalue weighted by atomic mass is 10.1. The molecule has 3 rings (SSSR count). The van der Waals surface area contributed by atoms with Crippen molar-refractivity contribution in [1.82, 2.24) is 14.9 Å². The molecule has 0 saturated carbocycles. The van der Waals surface area contributed by atoms with Crippen molar-refractivity contribution < 1.29 is 22.7 Å². The molecule has 1 aliphatic heterocycles. The number of alkyl halides is 3. The van der Waals surface area contributed by atoms with Gasteiger partial charge in [-0.25, -0.2) is 9.97 Å². The van der Waals surface area contributed by atoms with Crippen LogP contribution >= 0.6 is 0 Å². The number of hydrogen-bond donors (Lipinski definition) is 0. The number of aryl methyl sites for hydroxylation is 1. The molecular weight excluding hydrogens is 373 g/mol. The average molecular weight is 394 g/mol. The Balaban J connectivity index is 1.72. The summed E-state index contributed by atoms with van der Waals surface area (Å²) < 4.78 is 44.5. The van der Waals surface area contributed by atoms with Gasteiger partial charge >= 0.3 is 6.18 Å². The van der Waals surface area contributed by atoms with E-state index in [-0.39, 0.29) is 17.5 Å². The van der Waals surface area contributed by atoms with Crippen LogP contribution in [0.5, 0.6) is 5.75 Å². The highest BCUT2D eigenvalue weighted by molar-refractivity contribution is 5.97. The molecule has 0 unspecified atom stereocenters. The number of para-hydroxylation sites is 1. The van der Waals surface area contributed by atoms with Crippen molar-refractivity contribution in [1.29, 1.82) is 0 Å². The topological polar surface area (TPSA) is 58.6 Å². The Morgan fingerprint density at radius 1 is 1.14 bits per heavy atom. The van der Waals surface area contributed by atoms with E-state index in [1.165, 1.54) is 6.92 Å². The predicted molar refractivity (Wildman–Crippen MR) is 97.5 cm³/mol. The molecule has 2 heterocycles. The quantitative estimate of drug-likeness (QED) is 0.797. The largest absolute Gasteiger partial charge is 0.493 e. The van der Waals surface area contributed by atoms with E-state index in [1.807, 2.05) is 6.92 Å². The molecule has 150 valence electrons. The van der Waals surface area contributed by atoms with Crippen LogP contribution in [0.3, 0.4) is 0 Å². The normalized spacial score (nSPS) is 14.9. The van der Waals surface area contributed by atoms with Gasteiger partial charge in [-0.1, -0.05) is 12.1 Å². The summed E-state index contributed by atoms with van der Waals surface area (Å²) in [5.74, 6) is 0.660. The minimum atomic E-state index is -4.52. The van der Waals surface area contributed by atoms with Crippen LogP contribution < -0.4 is 9.64 Å². The van der Waals surface area contributed by atoms with Gasteiger partial charge in [-0.05, 0) is 26.0 Å². The number of hydrogen-bond acceptors (Lipinski definition) is 5. The lowest BCUT2D eigenvalue weighted by Crippen LogP contribution is -2.49. The Morgan fingerprint density at radius 3 is 2.46 bits per heavy atom. The molecule has 0 spiro atoms. The number of piperazine rings is 1. The van der Waals surface area contributed by atoms with Gasteiger partial charge in [0.05, 0.1) is 12.2 Å². The Kier molecular flexibility index (Phi) is 5.71. The highest BCUT2D eigenvalue weighted by Crippen LogP contribution is 2.30. The molecule has 0 aliphatic carbocycles. The van der Waals surface area contributed by atoms with Crippen molar-refractivity contribution in [2.24, 2.45) is 0 Å². The van der Waals surface area contributed by atoms with E-state index < -0.39 is 11.9 Å². The SMILES string of the molecule is CCOc1ccccc1C(=O)N1CCN(c2cc(C(F)(F)F)nc(C)n2)CC1. The van der Waals surface area contributed by atoms with Gasteiger partial charge in [-0.3, -0.25) is 4.79 Å². The van der Waals surface area contributed by atoms with Gasteiger partial charge in [-0.15, -0.1) is 0 Å². The van der Waals surface area contributed by atoms with Crippen LogP contribution in [-0.4, -0.2) is 53.6 Å². The monoisotopic (exact) mass is 394 g/mol. The van der Waals surface area contributed by atoms with E-state index in [2.05, 4.69) is 9.97 Å². The zero-order valence-electron chi connectivity index (χ0n) is 15.7. The third-order valence-electron chi connectivity index (χ3n) is 4.42. The number of carbonyl (C=O) groups is 1. The average Bonchev–Trinajstić information content (AvgIpc) is 2.67. The zero-order chi connectivity index (χ0) is 20.3. The van der Waals surface area contributed by atoms with Crippen LogP contribution in [0.4, 0.5) is 19.0 Å². The summed E-state index contributed by atoms with van der Waals surface area (Å²) in [4.78, 5) is 23.8. The second-order valence-corrected chi connectivity index (χ2v) is 6.36. The molecule has 0 atom stereocenters. The van der Waals surface area contributed by atoms with E-state index in [9.17, 15) is 18.0 Å². The number of amides is 1. The molecular formula is C19H21F3N4O2. The van der Waals surface area contributed by atoms with E-state index in [0.717, 1.165) is 6.07 Å². The van der Waals surface area contributed by atoms with Gasteiger partial charge in [0.25, 0.3) is 5.91 Å². The summed E-state index contributed by atoms with van der Waals surface area (Å²) in [6.07, 6.45) is -4.52. The minimum absolute atomic E-state index is 0.0639. The highest BCUT2D eigenvalue weighted by atomic mass is 19.4. The molecule has 1 aliphatic rings. The van der Waals surface area contributed by atoms with E-state index in [4.69, 9.17) is 4.74 Å². The number of nitrogens with zero attached hydrogens (tertiary/aromatic N) is 4. The van der Waals surface area contributed by atoms with Crippen molar-refractivity contribution in [3.63, 3.8) is 0 Å². The smallest absolute Gasteiger partial charge is 0.433 e. The molecule has 2 aromatic rings. The minimum Gasteiger partial charge on any atom is -0.493 e. The van der Waals surface area contributed by atoms with Crippen molar-refractivity contribution >= 4 is 11.7 Å². The number of carbonyl (C=O) groups excluding carboxylic acids is 1. The van der Waals surface area contributed by atoms with Gasteiger partial charge in [0.2, 0.25) is 0 Å². The third-order valence-corrected chi connectivity index (χ3v) is 4.42. The lowest BCUT2D eigenvalue weighted by molar-refractivity contribution is -0.141. The van der Waals surface area contributed by atoms with E-state index in [0.29, 0.717) is 44.1 Å². The zero-order valence-corrected chi connectivity index (χ0v) is 15.7. The summed E-state index contributed by atoms with van der Waals surface area (Å²) in [5.41, 5.74) is -0.478. The Bertz CT molecular complexity index is 849. The molecule has 1 fully saturated rings. The number of aromatic nitrogens is 2. The second kappa shape index (κ2) is 8.04. The number of halogens is 3. The highest BCUT2D eigenvalue weighted by Gasteiger charge is 2.34. The van der Waals surface area contributed by atoms with Crippen LogP contribution in [0.2, 0.25) is 0 Å². The number of anilines is 1. The van der Waals surface area contributed by atoms with Crippen LogP contribution in [-0.2, 0) is 6.18 Å². The van der Waals surface area contributed by atoms with Crippen molar-refractivity contribution in [2.45, 2.75) is 20.0 Å². The number of ether oxygens (including phenoxy) is 1. The molecule has 1 aromatic heterocycles. The molecule has 28 heavy (non-hydrogen) atoms. The summed E-state index contributed by atoms with van der Waals surface area (Å²) in [6, 6.07) is 7.98. The predicted octanol–water partition coefficient (Wildman–Crippen LogP) is 3.16. The van der Waals surface area contributed by atoms with Gasteiger partial charge in [0, 0.05) is 32.2 Å². The summed E-state index contributed by atoms with van der Waals surface area (Å²) >= 11 is 0. The first kappa shape index (κ1) is 19.9. The van der Waals surface area contributed by atoms with Gasteiger partial charge in [0.15, 0.2) is 0 Å². The third kappa shape index (κ3) is 4.35. The maximum Gasteiger partial charge on any atom is 0.433 e. The van der Waals surface area contributed by atoms with Crippen molar-refractivity contribution in [3.8, 4) is 5.75 Å². The molecule has 6 nitrogen and oxygen atoms in total. The Labute approximate surface area is 160 Å². The van der Waals surface area contributed by atoms with Gasteiger partial charge in [-0.2, -0.15) is 13.2 Å². The molecule has 0 bridgehead atoms. The van der Waals surface area contributed by atoms with E-state index >= 15 is 0 Å². The second-order valence-electron chi connectivity index (χ2n) is 6.36. The maximum atomic E-state index is 13.0.